The molecule has 0 aliphatic heterocycles. The van der Waals surface area contributed by atoms with E-state index >= 15 is 0 Å². The van der Waals surface area contributed by atoms with Crippen LogP contribution >= 0.6 is 11.6 Å². The molecule has 1 fully saturated rings. The maximum Gasteiger partial charge on any atom is 0.138 e. The molecule has 1 saturated carbocycles. The molecule has 1 aliphatic rings. The number of para-hydroxylation sites is 1. The standard InChI is InChI=1S/C14H20ClNO/c1-10(11-5-2-3-6-11)16-9-12-7-4-8-13(15)14(12)17/h4,7-8,10-11,16-17H,2-3,5-6,9H2,1H3. The maximum absolute atomic E-state index is 9.80. The van der Waals surface area contributed by atoms with E-state index in [2.05, 4.69) is 12.2 Å². The molecule has 3 heteroatoms. The number of phenolic OH excluding ortho intramolecular Hbond substituents is 1. The van der Waals surface area contributed by atoms with Crippen LogP contribution in [-0.4, -0.2) is 11.1 Å². The number of hydrogen-bond donors (Lipinski definition) is 2. The molecule has 0 radical (unpaired) electrons. The van der Waals surface area contributed by atoms with Crippen LogP contribution in [0, 0.1) is 5.92 Å². The molecule has 0 saturated heterocycles. The molecular weight excluding hydrogens is 234 g/mol. The zero-order valence-electron chi connectivity index (χ0n) is 10.2. The molecule has 1 aliphatic carbocycles. The van der Waals surface area contributed by atoms with Crippen molar-refractivity contribution in [2.75, 3.05) is 0 Å². The minimum atomic E-state index is 0.209. The summed E-state index contributed by atoms with van der Waals surface area (Å²) in [5.41, 5.74) is 0.877. The van der Waals surface area contributed by atoms with Crippen molar-refractivity contribution in [1.82, 2.24) is 5.32 Å². The molecule has 0 heterocycles. The topological polar surface area (TPSA) is 32.3 Å². The number of rotatable bonds is 4. The van der Waals surface area contributed by atoms with Gasteiger partial charge in [-0.15, -0.1) is 0 Å². The number of phenols is 1. The lowest BCUT2D eigenvalue weighted by Gasteiger charge is -2.20. The van der Waals surface area contributed by atoms with E-state index in [0.29, 0.717) is 17.6 Å². The van der Waals surface area contributed by atoms with Crippen molar-refractivity contribution < 1.29 is 5.11 Å². The fourth-order valence-electron chi connectivity index (χ4n) is 2.60. The van der Waals surface area contributed by atoms with Crippen molar-refractivity contribution in [3.63, 3.8) is 0 Å². The Morgan fingerprint density at radius 1 is 1.41 bits per heavy atom. The van der Waals surface area contributed by atoms with Crippen LogP contribution in [0.15, 0.2) is 18.2 Å². The van der Waals surface area contributed by atoms with Gasteiger partial charge >= 0.3 is 0 Å². The van der Waals surface area contributed by atoms with Gasteiger partial charge in [0.1, 0.15) is 5.75 Å². The largest absolute Gasteiger partial charge is 0.506 e. The zero-order valence-corrected chi connectivity index (χ0v) is 11.0. The van der Waals surface area contributed by atoms with Crippen LogP contribution in [0.3, 0.4) is 0 Å². The van der Waals surface area contributed by atoms with E-state index in [1.165, 1.54) is 25.7 Å². The van der Waals surface area contributed by atoms with Crippen molar-refractivity contribution in [1.29, 1.82) is 0 Å². The number of aromatic hydroxyl groups is 1. The summed E-state index contributed by atoms with van der Waals surface area (Å²) in [7, 11) is 0. The smallest absolute Gasteiger partial charge is 0.138 e. The number of halogens is 1. The van der Waals surface area contributed by atoms with Crippen LogP contribution < -0.4 is 5.32 Å². The predicted molar refractivity (Wildman–Crippen MR) is 71.4 cm³/mol. The molecule has 1 atom stereocenters. The van der Waals surface area contributed by atoms with Crippen LogP contribution in [0.1, 0.15) is 38.2 Å². The molecule has 2 rings (SSSR count). The van der Waals surface area contributed by atoms with E-state index in [9.17, 15) is 5.11 Å². The number of benzene rings is 1. The summed E-state index contributed by atoms with van der Waals surface area (Å²) in [5, 5.41) is 13.7. The average molecular weight is 254 g/mol. The maximum atomic E-state index is 9.80. The first-order valence-corrected chi connectivity index (χ1v) is 6.76. The summed E-state index contributed by atoms with van der Waals surface area (Å²) in [6.45, 7) is 2.92. The second kappa shape index (κ2) is 5.74. The van der Waals surface area contributed by atoms with Crippen LogP contribution in [-0.2, 0) is 6.54 Å². The van der Waals surface area contributed by atoms with Crippen molar-refractivity contribution in [3.8, 4) is 5.75 Å². The zero-order chi connectivity index (χ0) is 12.3. The molecule has 0 aromatic heterocycles. The lowest BCUT2D eigenvalue weighted by Crippen LogP contribution is -2.31. The quantitative estimate of drug-likeness (QED) is 0.857. The van der Waals surface area contributed by atoms with Gasteiger partial charge in [-0.25, -0.2) is 0 Å². The Labute approximate surface area is 108 Å². The summed E-state index contributed by atoms with van der Waals surface area (Å²) >= 11 is 5.88. The third-order valence-electron chi connectivity index (χ3n) is 3.79. The Morgan fingerprint density at radius 2 is 2.12 bits per heavy atom. The molecule has 1 aromatic rings. The highest BCUT2D eigenvalue weighted by Crippen LogP contribution is 2.29. The number of nitrogens with one attached hydrogen (secondary N) is 1. The number of hydrogen-bond acceptors (Lipinski definition) is 2. The minimum Gasteiger partial charge on any atom is -0.506 e. The second-order valence-corrected chi connectivity index (χ2v) is 5.37. The fourth-order valence-corrected chi connectivity index (χ4v) is 2.79. The molecule has 94 valence electrons. The van der Waals surface area contributed by atoms with Gasteiger partial charge in [0.05, 0.1) is 5.02 Å². The summed E-state index contributed by atoms with van der Waals surface area (Å²) in [6, 6.07) is 6.01. The summed E-state index contributed by atoms with van der Waals surface area (Å²) in [4.78, 5) is 0. The second-order valence-electron chi connectivity index (χ2n) is 4.96. The van der Waals surface area contributed by atoms with E-state index in [1.54, 1.807) is 6.07 Å². The van der Waals surface area contributed by atoms with Gasteiger partial charge in [-0.05, 0) is 31.7 Å². The van der Waals surface area contributed by atoms with Crippen LogP contribution in [0.25, 0.3) is 0 Å². The van der Waals surface area contributed by atoms with Crippen LogP contribution in [0.5, 0.6) is 5.75 Å². The predicted octanol–water partition coefficient (Wildman–Crippen LogP) is 3.71. The highest BCUT2D eigenvalue weighted by atomic mass is 35.5. The summed E-state index contributed by atoms with van der Waals surface area (Å²) in [6.07, 6.45) is 5.38. The molecule has 2 nitrogen and oxygen atoms in total. The fraction of sp³-hybridized carbons (Fsp3) is 0.571. The lowest BCUT2D eigenvalue weighted by molar-refractivity contribution is 0.376. The molecule has 2 N–H and O–H groups in total. The van der Waals surface area contributed by atoms with Crippen LogP contribution in [0.2, 0.25) is 5.02 Å². The Bertz CT molecular complexity index is 374. The molecule has 0 spiro atoms. The molecule has 0 amide bonds. The van der Waals surface area contributed by atoms with Gasteiger partial charge < -0.3 is 10.4 Å². The van der Waals surface area contributed by atoms with E-state index < -0.39 is 0 Å². The normalized spacial score (nSPS) is 18.5. The SMILES string of the molecule is CC(NCc1cccc(Cl)c1O)C1CCCC1. The van der Waals surface area contributed by atoms with Gasteiger partial charge in [-0.1, -0.05) is 36.6 Å². The Kier molecular flexibility index (Phi) is 4.30. The Morgan fingerprint density at radius 3 is 2.82 bits per heavy atom. The van der Waals surface area contributed by atoms with Gasteiger partial charge in [0.15, 0.2) is 0 Å². The first-order valence-electron chi connectivity index (χ1n) is 6.38. The first kappa shape index (κ1) is 12.7. The lowest BCUT2D eigenvalue weighted by atomic mass is 9.99. The summed E-state index contributed by atoms with van der Waals surface area (Å²) < 4.78 is 0. The molecule has 17 heavy (non-hydrogen) atoms. The van der Waals surface area contributed by atoms with E-state index in [1.807, 2.05) is 12.1 Å². The van der Waals surface area contributed by atoms with E-state index in [-0.39, 0.29) is 5.75 Å². The Balaban J connectivity index is 1.90. The first-order chi connectivity index (χ1) is 8.18. The van der Waals surface area contributed by atoms with E-state index in [0.717, 1.165) is 11.5 Å². The third-order valence-corrected chi connectivity index (χ3v) is 4.10. The monoisotopic (exact) mass is 253 g/mol. The Hall–Kier alpha value is -0.730. The van der Waals surface area contributed by atoms with E-state index in [4.69, 9.17) is 11.6 Å². The summed E-state index contributed by atoms with van der Waals surface area (Å²) in [5.74, 6) is 0.997. The molecule has 1 aromatic carbocycles. The third kappa shape index (κ3) is 3.14. The van der Waals surface area contributed by atoms with Gasteiger partial charge in [0, 0.05) is 18.2 Å². The van der Waals surface area contributed by atoms with Crippen molar-refractivity contribution in [3.05, 3.63) is 28.8 Å². The molecule has 0 bridgehead atoms. The van der Waals surface area contributed by atoms with Crippen molar-refractivity contribution in [2.24, 2.45) is 5.92 Å². The van der Waals surface area contributed by atoms with Gasteiger partial charge in [-0.3, -0.25) is 0 Å². The minimum absolute atomic E-state index is 0.209. The van der Waals surface area contributed by atoms with Crippen molar-refractivity contribution in [2.45, 2.75) is 45.2 Å². The molecule has 1 unspecified atom stereocenters. The molecular formula is C14H20ClNO. The highest BCUT2D eigenvalue weighted by Gasteiger charge is 2.21. The van der Waals surface area contributed by atoms with Crippen molar-refractivity contribution >= 4 is 11.6 Å². The van der Waals surface area contributed by atoms with Gasteiger partial charge in [-0.2, -0.15) is 0 Å². The van der Waals surface area contributed by atoms with Crippen LogP contribution in [0.4, 0.5) is 0 Å². The highest BCUT2D eigenvalue weighted by molar-refractivity contribution is 6.32. The van der Waals surface area contributed by atoms with Gasteiger partial charge in [0.2, 0.25) is 0 Å². The average Bonchev–Trinajstić information content (AvgIpc) is 2.84. The van der Waals surface area contributed by atoms with Gasteiger partial charge in [0.25, 0.3) is 0 Å².